The minimum atomic E-state index is -1.34. The monoisotopic (exact) mass is 250 g/mol. The molecule has 1 aromatic rings. The van der Waals surface area contributed by atoms with Crippen LogP contribution in [0.1, 0.15) is 0 Å². The molecule has 1 aromatic carbocycles. The van der Waals surface area contributed by atoms with Crippen LogP contribution in [0.4, 0.5) is 0 Å². The molecule has 1 rings (SSSR count). The van der Waals surface area contributed by atoms with Gasteiger partial charge in [-0.1, -0.05) is 36.9 Å². The van der Waals surface area contributed by atoms with E-state index < -0.39 is 18.9 Å². The molecule has 0 heterocycles. The zero-order chi connectivity index (χ0) is 14.0. The molecule has 2 amide bonds. The fourth-order valence-corrected chi connectivity index (χ4v) is 0.865. The Morgan fingerprint density at radius 1 is 1.33 bits per heavy atom. The second-order valence-corrected chi connectivity index (χ2v) is 3.11. The van der Waals surface area contributed by atoms with Gasteiger partial charge in [-0.3, -0.25) is 14.9 Å². The van der Waals surface area contributed by atoms with Crippen molar-refractivity contribution in [2.75, 3.05) is 6.54 Å². The van der Waals surface area contributed by atoms with Crippen molar-refractivity contribution in [1.29, 1.82) is 0 Å². The molecule has 0 radical (unpaired) electrons. The van der Waals surface area contributed by atoms with E-state index in [0.717, 1.165) is 6.08 Å². The van der Waals surface area contributed by atoms with Gasteiger partial charge in [0.05, 0.1) is 6.54 Å². The molecule has 0 aliphatic rings. The van der Waals surface area contributed by atoms with Gasteiger partial charge in [-0.2, -0.15) is 0 Å². The van der Waals surface area contributed by atoms with Crippen molar-refractivity contribution < 1.29 is 19.6 Å². The Morgan fingerprint density at radius 2 is 1.89 bits per heavy atom. The van der Waals surface area contributed by atoms with Crippen LogP contribution in [-0.2, 0) is 9.59 Å². The van der Waals surface area contributed by atoms with Crippen LogP contribution in [0.2, 0.25) is 0 Å². The number of hydrogen-bond acceptors (Lipinski definition) is 5. The van der Waals surface area contributed by atoms with Gasteiger partial charge in [0.1, 0.15) is 0 Å². The maximum absolute atomic E-state index is 10.3. The predicted octanol–water partition coefficient (Wildman–Crippen LogP) is -1.86. The Labute approximate surface area is 105 Å². The summed E-state index contributed by atoms with van der Waals surface area (Å²) in [6, 6.07) is 8.66. The first-order chi connectivity index (χ1) is 8.51. The van der Waals surface area contributed by atoms with Crippen LogP contribution in [0.3, 0.4) is 0 Å². The van der Waals surface area contributed by atoms with Gasteiger partial charge in [-0.05, 0) is 11.5 Å². The molecule has 0 saturated carbocycles. The SMILES string of the molecule is C=CC(=O)NC(=O)CN.OB(O)c1ccccc1. The molecule has 0 aliphatic carbocycles. The molecule has 0 bridgehead atoms. The lowest BCUT2D eigenvalue weighted by Crippen LogP contribution is -2.34. The molecule has 0 aromatic heterocycles. The number of nitrogens with two attached hydrogens (primary N) is 1. The fourth-order valence-electron chi connectivity index (χ4n) is 0.865. The maximum atomic E-state index is 10.3. The van der Waals surface area contributed by atoms with E-state index in [-0.39, 0.29) is 6.54 Å². The minimum absolute atomic E-state index is 0.181. The van der Waals surface area contributed by atoms with E-state index in [1.54, 1.807) is 24.3 Å². The van der Waals surface area contributed by atoms with Gasteiger partial charge in [-0.15, -0.1) is 0 Å². The van der Waals surface area contributed by atoms with Gasteiger partial charge >= 0.3 is 7.12 Å². The van der Waals surface area contributed by atoms with E-state index in [0.29, 0.717) is 5.46 Å². The van der Waals surface area contributed by atoms with Gasteiger partial charge in [0, 0.05) is 0 Å². The first-order valence-corrected chi connectivity index (χ1v) is 5.08. The molecule has 0 saturated heterocycles. The molecule has 0 atom stereocenters. The first-order valence-electron chi connectivity index (χ1n) is 5.08. The van der Waals surface area contributed by atoms with Gasteiger partial charge in [0.15, 0.2) is 0 Å². The molecule has 0 spiro atoms. The number of imide groups is 1. The van der Waals surface area contributed by atoms with Gasteiger partial charge in [0.2, 0.25) is 11.8 Å². The first kappa shape index (κ1) is 16.0. The van der Waals surface area contributed by atoms with Crippen LogP contribution in [0, 0.1) is 0 Å². The summed E-state index contributed by atoms with van der Waals surface area (Å²) in [7, 11) is -1.34. The number of amides is 2. The highest BCUT2D eigenvalue weighted by Crippen LogP contribution is 1.82. The third-order valence-electron chi connectivity index (χ3n) is 1.73. The Morgan fingerprint density at radius 3 is 2.22 bits per heavy atom. The third kappa shape index (κ3) is 7.34. The van der Waals surface area contributed by atoms with Crippen LogP contribution in [0.25, 0.3) is 0 Å². The fraction of sp³-hybridized carbons (Fsp3) is 0.0909. The normalized spacial score (nSPS) is 8.61. The highest BCUT2D eigenvalue weighted by molar-refractivity contribution is 6.58. The Kier molecular flexibility index (Phi) is 8.12. The zero-order valence-electron chi connectivity index (χ0n) is 9.74. The summed E-state index contributed by atoms with van der Waals surface area (Å²) in [5, 5.41) is 19.1. The Hall–Kier alpha value is -1.96. The summed E-state index contributed by atoms with van der Waals surface area (Å²) >= 11 is 0. The summed E-state index contributed by atoms with van der Waals surface area (Å²) in [6.45, 7) is 2.96. The molecule has 0 fully saturated rings. The summed E-state index contributed by atoms with van der Waals surface area (Å²) in [5.41, 5.74) is 5.40. The Balaban J connectivity index is 0.000000321. The third-order valence-corrected chi connectivity index (χ3v) is 1.73. The summed E-state index contributed by atoms with van der Waals surface area (Å²) in [4.78, 5) is 20.6. The molecular formula is C11H15BN2O4. The maximum Gasteiger partial charge on any atom is 0.488 e. The Bertz CT molecular complexity index is 395. The molecule has 7 heteroatoms. The zero-order valence-corrected chi connectivity index (χ0v) is 9.74. The quantitative estimate of drug-likeness (QED) is 0.371. The van der Waals surface area contributed by atoms with E-state index in [1.807, 2.05) is 11.4 Å². The van der Waals surface area contributed by atoms with E-state index in [1.165, 1.54) is 0 Å². The number of rotatable bonds is 3. The second kappa shape index (κ2) is 9.11. The van der Waals surface area contributed by atoms with E-state index in [9.17, 15) is 9.59 Å². The molecule has 0 unspecified atom stereocenters. The lowest BCUT2D eigenvalue weighted by Gasteiger charge is -1.94. The van der Waals surface area contributed by atoms with Crippen molar-refractivity contribution in [3.8, 4) is 0 Å². The highest BCUT2D eigenvalue weighted by Gasteiger charge is 2.07. The smallest absolute Gasteiger partial charge is 0.423 e. The van der Waals surface area contributed by atoms with Crippen molar-refractivity contribution in [3.05, 3.63) is 43.0 Å². The van der Waals surface area contributed by atoms with Crippen molar-refractivity contribution >= 4 is 24.4 Å². The summed E-state index contributed by atoms with van der Waals surface area (Å²) in [6.07, 6.45) is 1.01. The largest absolute Gasteiger partial charge is 0.488 e. The van der Waals surface area contributed by atoms with Crippen LogP contribution in [-0.4, -0.2) is 35.5 Å². The van der Waals surface area contributed by atoms with Crippen molar-refractivity contribution in [3.63, 3.8) is 0 Å². The molecular weight excluding hydrogens is 235 g/mol. The number of carbonyl (C=O) groups is 2. The number of hydrogen-bond donors (Lipinski definition) is 4. The average molecular weight is 250 g/mol. The van der Waals surface area contributed by atoms with Crippen molar-refractivity contribution in [1.82, 2.24) is 5.32 Å². The summed E-state index contributed by atoms with van der Waals surface area (Å²) in [5.74, 6) is -1.02. The minimum Gasteiger partial charge on any atom is -0.423 e. The van der Waals surface area contributed by atoms with Crippen molar-refractivity contribution in [2.24, 2.45) is 5.73 Å². The van der Waals surface area contributed by atoms with Crippen LogP contribution >= 0.6 is 0 Å². The lowest BCUT2D eigenvalue weighted by molar-refractivity contribution is -0.127. The molecule has 0 aliphatic heterocycles. The lowest BCUT2D eigenvalue weighted by atomic mass is 9.81. The van der Waals surface area contributed by atoms with E-state index in [2.05, 4.69) is 6.58 Å². The molecule has 5 N–H and O–H groups in total. The predicted molar refractivity (Wildman–Crippen MR) is 68.7 cm³/mol. The van der Waals surface area contributed by atoms with Gasteiger partial charge < -0.3 is 15.8 Å². The number of carbonyl (C=O) groups excluding carboxylic acids is 2. The van der Waals surface area contributed by atoms with Gasteiger partial charge in [-0.25, -0.2) is 0 Å². The summed E-state index contributed by atoms with van der Waals surface area (Å²) < 4.78 is 0. The number of benzene rings is 1. The average Bonchev–Trinajstić information content (AvgIpc) is 2.40. The topological polar surface area (TPSA) is 113 Å². The molecule has 6 nitrogen and oxygen atoms in total. The van der Waals surface area contributed by atoms with Crippen molar-refractivity contribution in [2.45, 2.75) is 0 Å². The van der Waals surface area contributed by atoms with Gasteiger partial charge in [0.25, 0.3) is 0 Å². The number of nitrogens with one attached hydrogen (secondary N) is 1. The van der Waals surface area contributed by atoms with Crippen LogP contribution in [0.5, 0.6) is 0 Å². The molecule has 18 heavy (non-hydrogen) atoms. The van der Waals surface area contributed by atoms with Crippen LogP contribution < -0.4 is 16.5 Å². The highest BCUT2D eigenvalue weighted by atomic mass is 16.4. The van der Waals surface area contributed by atoms with E-state index >= 15 is 0 Å². The standard InChI is InChI=1S/C6H7BO2.C5H8N2O2/c8-7(9)6-4-2-1-3-5-6;1-2-4(8)7-5(9)3-6/h1-5,8-9H;2H,1,3,6H2,(H,7,8,9). The van der Waals surface area contributed by atoms with E-state index in [4.69, 9.17) is 15.8 Å². The van der Waals surface area contributed by atoms with Crippen LogP contribution in [0.15, 0.2) is 43.0 Å². The molecule has 96 valence electrons. The second-order valence-electron chi connectivity index (χ2n) is 3.11.